The van der Waals surface area contributed by atoms with Crippen molar-refractivity contribution >= 4 is 17.4 Å². The van der Waals surface area contributed by atoms with E-state index in [4.69, 9.17) is 17.3 Å². The number of aromatic nitrogens is 1. The average molecular weight is 352 g/mol. The smallest absolute Gasteiger partial charge is 0.142 e. The third kappa shape index (κ3) is 3.19. The summed E-state index contributed by atoms with van der Waals surface area (Å²) in [4.78, 5) is 4.38. The van der Waals surface area contributed by atoms with E-state index in [9.17, 15) is 9.65 Å². The van der Waals surface area contributed by atoms with Gasteiger partial charge in [-0.05, 0) is 49.2 Å². The van der Waals surface area contributed by atoms with Gasteiger partial charge in [-0.1, -0.05) is 35.4 Å². The van der Waals surface area contributed by atoms with Crippen molar-refractivity contribution in [2.24, 2.45) is 0 Å². The number of halogens is 2. The van der Waals surface area contributed by atoms with Gasteiger partial charge >= 0.3 is 0 Å². The van der Waals surface area contributed by atoms with E-state index in [0.717, 1.165) is 16.7 Å². The summed E-state index contributed by atoms with van der Waals surface area (Å²) in [6.07, 6.45) is 0. The van der Waals surface area contributed by atoms with Crippen LogP contribution < -0.4 is 5.73 Å². The van der Waals surface area contributed by atoms with Crippen molar-refractivity contribution in [2.75, 3.05) is 5.73 Å². The average Bonchev–Trinajstić information content (AvgIpc) is 2.58. The molecule has 1 heterocycles. The van der Waals surface area contributed by atoms with E-state index in [-0.39, 0.29) is 16.4 Å². The van der Waals surface area contributed by atoms with Crippen LogP contribution in [0.1, 0.15) is 16.7 Å². The number of pyridine rings is 1. The number of nitrogen functional groups attached to an aromatic ring is 1. The Morgan fingerprint density at radius 2 is 1.84 bits per heavy atom. The Kier molecular flexibility index (Phi) is 4.43. The molecule has 0 saturated carbocycles. The van der Waals surface area contributed by atoms with Crippen molar-refractivity contribution in [3.8, 4) is 28.5 Å². The second kappa shape index (κ2) is 6.54. The molecule has 25 heavy (non-hydrogen) atoms. The lowest BCUT2D eigenvalue weighted by Gasteiger charge is -2.12. The van der Waals surface area contributed by atoms with Gasteiger partial charge in [0, 0.05) is 11.1 Å². The lowest BCUT2D eigenvalue weighted by atomic mass is 9.96. The van der Waals surface area contributed by atoms with E-state index in [2.05, 4.69) is 11.1 Å². The highest BCUT2D eigenvalue weighted by molar-refractivity contribution is 6.30. The van der Waals surface area contributed by atoms with Gasteiger partial charge in [0.2, 0.25) is 0 Å². The van der Waals surface area contributed by atoms with Crippen molar-refractivity contribution in [3.63, 3.8) is 0 Å². The van der Waals surface area contributed by atoms with Gasteiger partial charge in [0.05, 0.1) is 10.7 Å². The zero-order valence-corrected chi connectivity index (χ0v) is 14.5. The van der Waals surface area contributed by atoms with Crippen LogP contribution >= 0.6 is 11.6 Å². The van der Waals surface area contributed by atoms with Gasteiger partial charge < -0.3 is 5.73 Å². The molecule has 0 fully saturated rings. The number of rotatable bonds is 2. The summed E-state index contributed by atoms with van der Waals surface area (Å²) in [5, 5.41) is 9.48. The molecule has 0 aliphatic carbocycles. The minimum absolute atomic E-state index is 0.0269. The van der Waals surface area contributed by atoms with Crippen LogP contribution in [0.3, 0.4) is 0 Å². The Labute approximate surface area is 150 Å². The summed E-state index contributed by atoms with van der Waals surface area (Å²) < 4.78 is 13.9. The molecule has 1 aromatic heterocycles. The normalized spacial score (nSPS) is 10.5. The molecule has 124 valence electrons. The summed E-state index contributed by atoms with van der Waals surface area (Å²) in [7, 11) is 0. The molecule has 0 atom stereocenters. The predicted octanol–water partition coefficient (Wildman–Crippen LogP) is 5.28. The lowest BCUT2D eigenvalue weighted by Crippen LogP contribution is -2.01. The zero-order chi connectivity index (χ0) is 18.1. The third-order valence-corrected chi connectivity index (χ3v) is 4.37. The van der Waals surface area contributed by atoms with Gasteiger partial charge in [-0.15, -0.1) is 0 Å². The van der Waals surface area contributed by atoms with Crippen LogP contribution in [0.15, 0.2) is 42.5 Å². The number of nitriles is 1. The van der Waals surface area contributed by atoms with E-state index in [1.165, 1.54) is 12.1 Å². The quantitative estimate of drug-likeness (QED) is 0.683. The molecule has 0 aliphatic heterocycles. The first kappa shape index (κ1) is 16.9. The van der Waals surface area contributed by atoms with Gasteiger partial charge in [0.15, 0.2) is 0 Å². The number of benzene rings is 2. The summed E-state index contributed by atoms with van der Waals surface area (Å²) in [5.41, 5.74) is 11.0. The van der Waals surface area contributed by atoms with Crippen molar-refractivity contribution < 1.29 is 4.39 Å². The first-order valence-electron chi connectivity index (χ1n) is 7.64. The topological polar surface area (TPSA) is 62.7 Å². The molecule has 3 nitrogen and oxygen atoms in total. The first-order chi connectivity index (χ1) is 11.9. The highest BCUT2D eigenvalue weighted by Crippen LogP contribution is 2.33. The van der Waals surface area contributed by atoms with Crippen LogP contribution in [0, 0.1) is 31.0 Å². The Balaban J connectivity index is 2.28. The molecule has 3 rings (SSSR count). The van der Waals surface area contributed by atoms with Gasteiger partial charge in [-0.25, -0.2) is 9.37 Å². The predicted molar refractivity (Wildman–Crippen MR) is 98.7 cm³/mol. The van der Waals surface area contributed by atoms with Crippen molar-refractivity contribution in [3.05, 3.63) is 70.0 Å². The number of nitrogens with zero attached hydrogens (tertiary/aromatic N) is 2. The van der Waals surface area contributed by atoms with Crippen molar-refractivity contribution in [2.45, 2.75) is 13.8 Å². The fourth-order valence-corrected chi connectivity index (χ4v) is 2.84. The molecule has 5 heteroatoms. The number of hydrogen-bond acceptors (Lipinski definition) is 3. The highest BCUT2D eigenvalue weighted by Gasteiger charge is 2.15. The maximum absolute atomic E-state index is 13.9. The molecule has 2 aromatic carbocycles. The van der Waals surface area contributed by atoms with Gasteiger partial charge in [0.25, 0.3) is 0 Å². The van der Waals surface area contributed by atoms with Crippen LogP contribution in [0.5, 0.6) is 0 Å². The van der Waals surface area contributed by atoms with E-state index >= 15 is 0 Å². The maximum atomic E-state index is 13.9. The summed E-state index contributed by atoms with van der Waals surface area (Å²) >= 11 is 5.76. The SMILES string of the molecule is Cc1ccc(C)c(-c2cc(-c3ccc(Cl)c(F)c3)c(C#N)c(N)n2)c1. The van der Waals surface area contributed by atoms with Crippen molar-refractivity contribution in [1.29, 1.82) is 5.26 Å². The summed E-state index contributed by atoms with van der Waals surface area (Å²) in [6, 6.07) is 14.3. The minimum atomic E-state index is -0.549. The molecule has 0 unspecified atom stereocenters. The van der Waals surface area contributed by atoms with E-state index in [0.29, 0.717) is 16.8 Å². The standard InChI is InChI=1S/C20H15ClFN3/c1-11-3-4-12(2)14(7-11)19-9-15(16(10-23)20(24)25-19)13-5-6-17(21)18(22)8-13/h3-9H,1-2H3,(H2,24,25). The molecule has 0 bridgehead atoms. The van der Waals surface area contributed by atoms with E-state index < -0.39 is 5.82 Å². The molecule has 0 aliphatic rings. The highest BCUT2D eigenvalue weighted by atomic mass is 35.5. The van der Waals surface area contributed by atoms with Crippen LogP contribution in [0.4, 0.5) is 10.2 Å². The monoisotopic (exact) mass is 351 g/mol. The van der Waals surface area contributed by atoms with Crippen LogP contribution in [-0.4, -0.2) is 4.98 Å². The molecular weight excluding hydrogens is 337 g/mol. The molecule has 0 radical (unpaired) electrons. The minimum Gasteiger partial charge on any atom is -0.383 e. The summed E-state index contributed by atoms with van der Waals surface area (Å²) in [6.45, 7) is 3.97. The van der Waals surface area contributed by atoms with Gasteiger partial charge in [0.1, 0.15) is 23.3 Å². The Hall–Kier alpha value is -2.90. The van der Waals surface area contributed by atoms with E-state index in [1.54, 1.807) is 12.1 Å². The van der Waals surface area contributed by atoms with Crippen LogP contribution in [-0.2, 0) is 0 Å². The molecule has 0 spiro atoms. The number of nitrogens with two attached hydrogens (primary N) is 1. The largest absolute Gasteiger partial charge is 0.383 e. The molecule has 3 aromatic rings. The fourth-order valence-electron chi connectivity index (χ4n) is 2.72. The third-order valence-electron chi connectivity index (χ3n) is 4.06. The lowest BCUT2D eigenvalue weighted by molar-refractivity contribution is 0.629. The second-order valence-corrected chi connectivity index (χ2v) is 6.28. The maximum Gasteiger partial charge on any atom is 0.142 e. The Bertz CT molecular complexity index is 1020. The van der Waals surface area contributed by atoms with Gasteiger partial charge in [-0.3, -0.25) is 0 Å². The first-order valence-corrected chi connectivity index (χ1v) is 8.02. The summed E-state index contributed by atoms with van der Waals surface area (Å²) in [5.74, 6) is -0.432. The zero-order valence-electron chi connectivity index (χ0n) is 13.8. The second-order valence-electron chi connectivity index (χ2n) is 5.87. The number of hydrogen-bond donors (Lipinski definition) is 1. The Morgan fingerprint density at radius 3 is 2.52 bits per heavy atom. The van der Waals surface area contributed by atoms with Crippen molar-refractivity contribution in [1.82, 2.24) is 4.98 Å². The van der Waals surface area contributed by atoms with Crippen LogP contribution in [0.25, 0.3) is 22.4 Å². The molecular formula is C20H15ClFN3. The fraction of sp³-hybridized carbons (Fsp3) is 0.100. The molecule has 0 amide bonds. The Morgan fingerprint density at radius 1 is 1.08 bits per heavy atom. The van der Waals surface area contributed by atoms with E-state index in [1.807, 2.05) is 32.0 Å². The van der Waals surface area contributed by atoms with Gasteiger partial charge in [-0.2, -0.15) is 5.26 Å². The molecule has 2 N–H and O–H groups in total. The molecule has 0 saturated heterocycles. The number of anilines is 1. The number of aryl methyl sites for hydroxylation is 2. The van der Waals surface area contributed by atoms with Crippen LogP contribution in [0.2, 0.25) is 5.02 Å².